The van der Waals surface area contributed by atoms with E-state index >= 15 is 0 Å². The highest BCUT2D eigenvalue weighted by molar-refractivity contribution is 14.1. The fraction of sp³-hybridized carbons (Fsp3) is 0.222. The summed E-state index contributed by atoms with van der Waals surface area (Å²) < 4.78 is 2.61. The number of phenolic OH excluding ortho intramolecular Hbond substituents is 1. The van der Waals surface area contributed by atoms with Gasteiger partial charge in [0.1, 0.15) is 17.2 Å². The molecule has 0 atom stereocenters. The van der Waals surface area contributed by atoms with Crippen molar-refractivity contribution in [3.8, 4) is 11.4 Å². The standard InChI is InChI=1S/C18H19IN4O2/c1-7-5-11-14(17(21)25)16(20)23(18(11)22-10(7)4)15-8(2)12(19)6-13(24)9(15)3/h5-6,24H,20H2,1-4H3,(H2,21,25). The quantitative estimate of drug-likeness (QED) is 0.521. The number of primary amides is 1. The minimum atomic E-state index is -0.601. The number of pyridine rings is 1. The number of hydrogen-bond acceptors (Lipinski definition) is 4. The maximum absolute atomic E-state index is 12.0. The van der Waals surface area contributed by atoms with E-state index in [-0.39, 0.29) is 17.1 Å². The van der Waals surface area contributed by atoms with Crippen molar-refractivity contribution in [2.24, 2.45) is 5.73 Å². The van der Waals surface area contributed by atoms with Gasteiger partial charge in [-0.3, -0.25) is 9.36 Å². The molecule has 0 saturated heterocycles. The smallest absolute Gasteiger partial charge is 0.253 e. The van der Waals surface area contributed by atoms with Gasteiger partial charge in [-0.15, -0.1) is 0 Å². The third-order valence-corrected chi connectivity index (χ3v) is 5.73. The highest BCUT2D eigenvalue weighted by Crippen LogP contribution is 2.37. The summed E-state index contributed by atoms with van der Waals surface area (Å²) in [6, 6.07) is 3.58. The summed E-state index contributed by atoms with van der Waals surface area (Å²) in [5, 5.41) is 10.9. The molecule has 7 heteroatoms. The number of aromatic nitrogens is 2. The molecule has 2 aromatic heterocycles. The van der Waals surface area contributed by atoms with Gasteiger partial charge in [0.15, 0.2) is 0 Å². The lowest BCUT2D eigenvalue weighted by molar-refractivity contribution is 0.100. The van der Waals surface area contributed by atoms with Crippen LogP contribution in [-0.2, 0) is 0 Å². The zero-order valence-corrected chi connectivity index (χ0v) is 16.6. The van der Waals surface area contributed by atoms with Crippen LogP contribution in [0, 0.1) is 31.3 Å². The van der Waals surface area contributed by atoms with Gasteiger partial charge in [-0.1, -0.05) is 0 Å². The number of carbonyl (C=O) groups is 1. The maximum Gasteiger partial charge on any atom is 0.253 e. The number of benzene rings is 1. The monoisotopic (exact) mass is 450 g/mol. The second-order valence-electron chi connectivity index (χ2n) is 6.20. The van der Waals surface area contributed by atoms with Crippen molar-refractivity contribution >= 4 is 45.3 Å². The summed E-state index contributed by atoms with van der Waals surface area (Å²) in [5.41, 5.74) is 16.8. The Morgan fingerprint density at radius 3 is 2.44 bits per heavy atom. The Kier molecular flexibility index (Phi) is 4.14. The molecule has 3 aromatic rings. The van der Waals surface area contributed by atoms with E-state index in [1.807, 2.05) is 33.8 Å². The lowest BCUT2D eigenvalue weighted by Crippen LogP contribution is -2.14. The zero-order valence-electron chi connectivity index (χ0n) is 14.4. The number of aryl methyl sites for hydroxylation is 2. The Balaban J connectivity index is 2.57. The number of rotatable bonds is 2. The van der Waals surface area contributed by atoms with E-state index < -0.39 is 5.91 Å². The molecule has 0 aliphatic heterocycles. The van der Waals surface area contributed by atoms with Crippen LogP contribution in [0.2, 0.25) is 0 Å². The number of aromatic hydroxyl groups is 1. The van der Waals surface area contributed by atoms with E-state index in [9.17, 15) is 9.90 Å². The molecule has 0 unspecified atom stereocenters. The molecule has 1 amide bonds. The number of nitrogen functional groups attached to an aromatic ring is 1. The number of anilines is 1. The predicted molar refractivity (Wildman–Crippen MR) is 107 cm³/mol. The van der Waals surface area contributed by atoms with Crippen LogP contribution in [0.1, 0.15) is 32.7 Å². The van der Waals surface area contributed by atoms with Crippen molar-refractivity contribution in [2.75, 3.05) is 5.73 Å². The fourth-order valence-electron chi connectivity index (χ4n) is 3.08. The topological polar surface area (TPSA) is 107 Å². The number of carbonyl (C=O) groups excluding carboxylic acids is 1. The third kappa shape index (κ3) is 2.53. The molecular formula is C18H19IN4O2. The third-order valence-electron chi connectivity index (χ3n) is 4.61. The molecule has 0 aliphatic rings. The second kappa shape index (κ2) is 5.91. The molecule has 130 valence electrons. The average molecular weight is 450 g/mol. The molecule has 6 nitrogen and oxygen atoms in total. The molecular weight excluding hydrogens is 431 g/mol. The number of fused-ring (bicyclic) bond motifs is 1. The summed E-state index contributed by atoms with van der Waals surface area (Å²) in [7, 11) is 0. The second-order valence-corrected chi connectivity index (χ2v) is 7.36. The van der Waals surface area contributed by atoms with Crippen LogP contribution in [0.5, 0.6) is 5.75 Å². The molecule has 2 heterocycles. The lowest BCUT2D eigenvalue weighted by atomic mass is 10.1. The molecule has 0 spiro atoms. The van der Waals surface area contributed by atoms with Crippen LogP contribution in [0.15, 0.2) is 12.1 Å². The van der Waals surface area contributed by atoms with E-state index in [1.165, 1.54) is 0 Å². The van der Waals surface area contributed by atoms with Gasteiger partial charge in [-0.05, 0) is 73.5 Å². The van der Waals surface area contributed by atoms with E-state index in [0.29, 0.717) is 16.6 Å². The zero-order chi connectivity index (χ0) is 18.6. The summed E-state index contributed by atoms with van der Waals surface area (Å²) in [6.07, 6.45) is 0. The first-order chi connectivity index (χ1) is 11.6. The first kappa shape index (κ1) is 17.5. The van der Waals surface area contributed by atoms with Gasteiger partial charge in [0.25, 0.3) is 5.91 Å². The van der Waals surface area contributed by atoms with E-state index in [4.69, 9.17) is 11.5 Å². The average Bonchev–Trinajstić information content (AvgIpc) is 2.78. The Hall–Kier alpha value is -2.29. The number of hydrogen-bond donors (Lipinski definition) is 3. The maximum atomic E-state index is 12.0. The van der Waals surface area contributed by atoms with Crippen LogP contribution in [0.3, 0.4) is 0 Å². The van der Waals surface area contributed by atoms with Gasteiger partial charge >= 0.3 is 0 Å². The van der Waals surface area contributed by atoms with E-state index in [1.54, 1.807) is 10.6 Å². The summed E-state index contributed by atoms with van der Waals surface area (Å²) in [4.78, 5) is 16.7. The minimum absolute atomic E-state index is 0.163. The summed E-state index contributed by atoms with van der Waals surface area (Å²) in [5.74, 6) is -0.209. The fourth-order valence-corrected chi connectivity index (χ4v) is 3.63. The Morgan fingerprint density at radius 1 is 1.20 bits per heavy atom. The number of halogens is 1. The molecule has 0 radical (unpaired) electrons. The molecule has 25 heavy (non-hydrogen) atoms. The predicted octanol–water partition coefficient (Wildman–Crippen LogP) is 3.25. The van der Waals surface area contributed by atoms with Gasteiger partial charge in [-0.25, -0.2) is 4.98 Å². The first-order valence-electron chi connectivity index (χ1n) is 7.72. The number of amides is 1. The van der Waals surface area contributed by atoms with Crippen LogP contribution < -0.4 is 11.5 Å². The van der Waals surface area contributed by atoms with Gasteiger partial charge in [-0.2, -0.15) is 0 Å². The molecule has 1 aromatic carbocycles. The Labute approximate surface area is 159 Å². The van der Waals surface area contributed by atoms with Crippen molar-refractivity contribution in [1.29, 1.82) is 0 Å². The number of phenols is 1. The summed E-state index contributed by atoms with van der Waals surface area (Å²) in [6.45, 7) is 7.58. The van der Waals surface area contributed by atoms with Gasteiger partial charge in [0.05, 0.1) is 11.3 Å². The van der Waals surface area contributed by atoms with Gasteiger partial charge < -0.3 is 16.6 Å². The molecule has 0 bridgehead atoms. The van der Waals surface area contributed by atoms with Crippen molar-refractivity contribution in [1.82, 2.24) is 9.55 Å². The first-order valence-corrected chi connectivity index (χ1v) is 8.80. The highest BCUT2D eigenvalue weighted by atomic mass is 127. The molecule has 0 saturated carbocycles. The Morgan fingerprint density at radius 2 is 1.84 bits per heavy atom. The molecule has 0 aliphatic carbocycles. The van der Waals surface area contributed by atoms with Crippen LogP contribution in [-0.4, -0.2) is 20.6 Å². The normalized spacial score (nSPS) is 11.2. The van der Waals surface area contributed by atoms with Gasteiger partial charge in [0.2, 0.25) is 0 Å². The van der Waals surface area contributed by atoms with Crippen molar-refractivity contribution in [2.45, 2.75) is 27.7 Å². The summed E-state index contributed by atoms with van der Waals surface area (Å²) >= 11 is 2.16. The number of nitrogens with zero attached hydrogens (tertiary/aromatic N) is 2. The van der Waals surface area contributed by atoms with Gasteiger partial charge in [0, 0.05) is 20.2 Å². The van der Waals surface area contributed by atoms with E-state index in [0.717, 1.165) is 26.1 Å². The number of nitrogens with two attached hydrogens (primary N) is 2. The SMILES string of the molecule is Cc1cc2c(C(N)=O)c(N)n(-c3c(C)c(O)cc(I)c3C)c2nc1C. The van der Waals surface area contributed by atoms with Crippen molar-refractivity contribution in [3.05, 3.63) is 43.7 Å². The van der Waals surface area contributed by atoms with Crippen LogP contribution >= 0.6 is 22.6 Å². The highest BCUT2D eigenvalue weighted by Gasteiger charge is 2.25. The lowest BCUT2D eigenvalue weighted by Gasteiger charge is -2.17. The largest absolute Gasteiger partial charge is 0.508 e. The van der Waals surface area contributed by atoms with Crippen molar-refractivity contribution < 1.29 is 9.90 Å². The molecule has 0 fully saturated rings. The van der Waals surface area contributed by atoms with Crippen molar-refractivity contribution in [3.63, 3.8) is 0 Å². The van der Waals surface area contributed by atoms with Crippen LogP contribution in [0.25, 0.3) is 16.7 Å². The van der Waals surface area contributed by atoms with E-state index in [2.05, 4.69) is 27.6 Å². The molecule has 5 N–H and O–H groups in total. The Bertz CT molecular complexity index is 1030. The molecule has 3 rings (SSSR count). The minimum Gasteiger partial charge on any atom is -0.508 e. The van der Waals surface area contributed by atoms with Crippen LogP contribution in [0.4, 0.5) is 5.82 Å².